The molecule has 0 spiro atoms. The van der Waals surface area contributed by atoms with E-state index in [1.165, 1.54) is 29.2 Å². The third kappa shape index (κ3) is 4.14. The number of rotatable bonds is 7. The van der Waals surface area contributed by atoms with E-state index in [0.29, 0.717) is 28.0 Å². The van der Waals surface area contributed by atoms with Crippen LogP contribution in [0, 0.1) is 11.6 Å². The molecule has 2 aromatic carbocycles. The van der Waals surface area contributed by atoms with E-state index in [0.717, 1.165) is 6.41 Å². The molecule has 0 heterocycles. The monoisotopic (exact) mass is 353 g/mol. The van der Waals surface area contributed by atoms with Gasteiger partial charge in [-0.3, -0.25) is 4.79 Å². The second-order valence-corrected chi connectivity index (χ2v) is 6.06. The Morgan fingerprint density at radius 3 is 1.81 bits per heavy atom. The van der Waals surface area contributed by atoms with E-state index in [2.05, 4.69) is 13.2 Å². The van der Waals surface area contributed by atoms with Crippen LogP contribution in [-0.4, -0.2) is 17.4 Å². The molecule has 2 aromatic rings. The van der Waals surface area contributed by atoms with Crippen molar-refractivity contribution in [2.24, 2.45) is 0 Å². The van der Waals surface area contributed by atoms with Gasteiger partial charge in [-0.1, -0.05) is 37.4 Å². The molecule has 134 valence electrons. The first-order valence-electron chi connectivity index (χ1n) is 8.20. The summed E-state index contributed by atoms with van der Waals surface area (Å²) in [5, 5.41) is 0. The van der Waals surface area contributed by atoms with Gasteiger partial charge in [0.1, 0.15) is 11.6 Å². The van der Waals surface area contributed by atoms with Gasteiger partial charge >= 0.3 is 0 Å². The molecule has 2 nitrogen and oxygen atoms in total. The van der Waals surface area contributed by atoms with E-state index in [1.54, 1.807) is 30.3 Å². The van der Waals surface area contributed by atoms with Gasteiger partial charge in [-0.2, -0.15) is 0 Å². The molecular formula is C22H21F2NO. The largest absolute Gasteiger partial charge is 0.312 e. The molecule has 0 aliphatic rings. The highest BCUT2D eigenvalue weighted by Crippen LogP contribution is 2.34. The first kappa shape index (κ1) is 19.3. The lowest BCUT2D eigenvalue weighted by Crippen LogP contribution is -2.28. The second kappa shape index (κ2) is 8.39. The van der Waals surface area contributed by atoms with Crippen LogP contribution in [-0.2, 0) is 4.79 Å². The van der Waals surface area contributed by atoms with E-state index in [-0.39, 0.29) is 17.7 Å². The van der Waals surface area contributed by atoms with Gasteiger partial charge in [0.15, 0.2) is 0 Å². The van der Waals surface area contributed by atoms with Crippen LogP contribution in [0.4, 0.5) is 8.78 Å². The molecule has 26 heavy (non-hydrogen) atoms. The van der Waals surface area contributed by atoms with Crippen molar-refractivity contribution in [3.05, 3.63) is 96.2 Å². The normalized spacial score (nSPS) is 11.7. The van der Waals surface area contributed by atoms with Crippen LogP contribution < -0.4 is 0 Å². The van der Waals surface area contributed by atoms with Gasteiger partial charge in [-0.15, -0.1) is 0 Å². The van der Waals surface area contributed by atoms with Gasteiger partial charge in [-0.25, -0.2) is 8.78 Å². The molecule has 1 amide bonds. The predicted octanol–water partition coefficient (Wildman–Crippen LogP) is 5.44. The highest BCUT2D eigenvalue weighted by molar-refractivity contribution is 6.06. The van der Waals surface area contributed by atoms with Crippen molar-refractivity contribution < 1.29 is 13.6 Å². The zero-order chi connectivity index (χ0) is 19.3. The molecule has 0 unspecified atom stereocenters. The van der Waals surface area contributed by atoms with Crippen molar-refractivity contribution in [1.29, 1.82) is 0 Å². The first-order valence-corrected chi connectivity index (χ1v) is 8.20. The fourth-order valence-corrected chi connectivity index (χ4v) is 2.68. The standard InChI is InChI=1S/C22H21F2NO/c1-5-21(25(14-26)15(2)3)22(18-8-12-20(24)13-9-18)16(4)17-6-10-19(23)11-7-17/h5-15H,1,4H2,2-3H3/b22-21+. The van der Waals surface area contributed by atoms with E-state index >= 15 is 0 Å². The zero-order valence-electron chi connectivity index (χ0n) is 14.9. The minimum Gasteiger partial charge on any atom is -0.312 e. The molecule has 4 heteroatoms. The van der Waals surface area contributed by atoms with Crippen LogP contribution in [0.5, 0.6) is 0 Å². The maximum atomic E-state index is 13.4. The Kier molecular flexibility index (Phi) is 6.23. The predicted molar refractivity (Wildman–Crippen MR) is 102 cm³/mol. The van der Waals surface area contributed by atoms with E-state index in [1.807, 2.05) is 13.8 Å². The fourth-order valence-electron chi connectivity index (χ4n) is 2.68. The number of amides is 1. The van der Waals surface area contributed by atoms with Crippen LogP contribution in [0.3, 0.4) is 0 Å². The Hall–Kier alpha value is -3.01. The zero-order valence-corrected chi connectivity index (χ0v) is 14.9. The molecule has 2 rings (SSSR count). The number of allylic oxidation sites excluding steroid dienone is 3. The van der Waals surface area contributed by atoms with E-state index in [4.69, 9.17) is 0 Å². The van der Waals surface area contributed by atoms with E-state index < -0.39 is 0 Å². The minimum absolute atomic E-state index is 0.114. The number of carbonyl (C=O) groups is 1. The summed E-state index contributed by atoms with van der Waals surface area (Å²) < 4.78 is 26.7. The Morgan fingerprint density at radius 1 is 0.962 bits per heavy atom. The number of halogens is 2. The average molecular weight is 353 g/mol. The van der Waals surface area contributed by atoms with Crippen LogP contribution in [0.15, 0.2) is 73.5 Å². The van der Waals surface area contributed by atoms with Crippen LogP contribution in [0.1, 0.15) is 25.0 Å². The highest BCUT2D eigenvalue weighted by atomic mass is 19.1. The lowest BCUT2D eigenvalue weighted by atomic mass is 9.91. The van der Waals surface area contributed by atoms with Crippen molar-refractivity contribution in [3.63, 3.8) is 0 Å². The summed E-state index contributed by atoms with van der Waals surface area (Å²) in [6, 6.07) is 11.7. The number of hydrogen-bond acceptors (Lipinski definition) is 1. The molecule has 0 saturated heterocycles. The quantitative estimate of drug-likeness (QED) is 0.479. The molecule has 0 saturated carbocycles. The van der Waals surface area contributed by atoms with Crippen molar-refractivity contribution in [2.45, 2.75) is 19.9 Å². The fraction of sp³-hybridized carbons (Fsp3) is 0.136. The third-order valence-electron chi connectivity index (χ3n) is 4.02. The van der Waals surface area contributed by atoms with Crippen LogP contribution in [0.2, 0.25) is 0 Å². The van der Waals surface area contributed by atoms with Gasteiger partial charge in [0.2, 0.25) is 6.41 Å². The minimum atomic E-state index is -0.364. The Balaban J connectivity index is 2.72. The molecule has 0 bridgehead atoms. The second-order valence-electron chi connectivity index (χ2n) is 6.06. The third-order valence-corrected chi connectivity index (χ3v) is 4.02. The SMILES string of the molecule is C=C/C(=C(/C(=C)c1ccc(F)cc1)c1ccc(F)cc1)N(C=O)C(C)C. The average Bonchev–Trinajstić information content (AvgIpc) is 2.62. The number of hydrogen-bond donors (Lipinski definition) is 0. The van der Waals surface area contributed by atoms with Crippen LogP contribution >= 0.6 is 0 Å². The number of nitrogens with zero attached hydrogens (tertiary/aromatic N) is 1. The summed E-state index contributed by atoms with van der Waals surface area (Å²) in [6.07, 6.45) is 2.30. The van der Waals surface area contributed by atoms with Crippen molar-refractivity contribution in [1.82, 2.24) is 4.90 Å². The number of benzene rings is 2. The summed E-state index contributed by atoms with van der Waals surface area (Å²) in [5.74, 6) is -0.716. The maximum Gasteiger partial charge on any atom is 0.214 e. The summed E-state index contributed by atoms with van der Waals surface area (Å²) in [4.78, 5) is 13.2. The summed E-state index contributed by atoms with van der Waals surface area (Å²) in [7, 11) is 0. The molecular weight excluding hydrogens is 332 g/mol. The summed E-state index contributed by atoms with van der Waals surface area (Å²) >= 11 is 0. The Labute approximate surface area is 152 Å². The van der Waals surface area contributed by atoms with Crippen LogP contribution in [0.25, 0.3) is 11.1 Å². The van der Waals surface area contributed by atoms with E-state index in [9.17, 15) is 13.6 Å². The van der Waals surface area contributed by atoms with Gasteiger partial charge in [-0.05, 0) is 60.9 Å². The van der Waals surface area contributed by atoms with Crippen molar-refractivity contribution in [3.8, 4) is 0 Å². The summed E-state index contributed by atoms with van der Waals surface area (Å²) in [5.41, 5.74) is 3.14. The van der Waals surface area contributed by atoms with Gasteiger partial charge in [0.05, 0.1) is 5.70 Å². The number of carbonyl (C=O) groups excluding carboxylic acids is 1. The van der Waals surface area contributed by atoms with Gasteiger partial charge in [0.25, 0.3) is 0 Å². The molecule has 0 N–H and O–H groups in total. The molecule has 0 atom stereocenters. The Bertz CT molecular complexity index is 833. The smallest absolute Gasteiger partial charge is 0.214 e. The lowest BCUT2D eigenvalue weighted by Gasteiger charge is -2.27. The molecule has 0 aliphatic carbocycles. The van der Waals surface area contributed by atoms with Gasteiger partial charge < -0.3 is 4.90 Å². The summed E-state index contributed by atoms with van der Waals surface area (Å²) in [6.45, 7) is 11.7. The molecule has 0 radical (unpaired) electrons. The topological polar surface area (TPSA) is 20.3 Å². The highest BCUT2D eigenvalue weighted by Gasteiger charge is 2.19. The van der Waals surface area contributed by atoms with Crippen molar-refractivity contribution >= 4 is 17.6 Å². The molecule has 0 fully saturated rings. The van der Waals surface area contributed by atoms with Gasteiger partial charge in [0, 0.05) is 11.6 Å². The first-order chi connectivity index (χ1) is 12.4. The maximum absolute atomic E-state index is 13.4. The Morgan fingerprint density at radius 2 is 1.42 bits per heavy atom. The lowest BCUT2D eigenvalue weighted by molar-refractivity contribution is -0.117. The molecule has 0 aromatic heterocycles. The molecule has 0 aliphatic heterocycles. The van der Waals surface area contributed by atoms with Crippen molar-refractivity contribution in [2.75, 3.05) is 0 Å².